The van der Waals surface area contributed by atoms with Crippen molar-refractivity contribution in [1.82, 2.24) is 5.32 Å². The highest BCUT2D eigenvalue weighted by molar-refractivity contribution is 7.80. The van der Waals surface area contributed by atoms with Crippen molar-refractivity contribution in [3.8, 4) is 0 Å². The van der Waals surface area contributed by atoms with Crippen LogP contribution in [0.3, 0.4) is 0 Å². The fourth-order valence-corrected chi connectivity index (χ4v) is 2.06. The second-order valence-corrected chi connectivity index (χ2v) is 6.04. The average molecular weight is 264 g/mol. The quantitative estimate of drug-likeness (QED) is 0.800. The molecule has 1 rings (SSSR count). The molecular formula is C15H24N2S. The molecule has 3 heteroatoms. The number of thiocarbonyl (C=S) groups is 1. The summed E-state index contributed by atoms with van der Waals surface area (Å²) in [7, 11) is 0. The van der Waals surface area contributed by atoms with Gasteiger partial charge in [-0.05, 0) is 63.5 Å². The van der Waals surface area contributed by atoms with E-state index in [0.717, 1.165) is 12.1 Å². The van der Waals surface area contributed by atoms with Gasteiger partial charge in [-0.3, -0.25) is 0 Å². The Morgan fingerprint density at radius 1 is 1.17 bits per heavy atom. The minimum atomic E-state index is -0.00878. The van der Waals surface area contributed by atoms with Crippen molar-refractivity contribution in [2.75, 3.05) is 5.32 Å². The van der Waals surface area contributed by atoms with E-state index in [1.165, 1.54) is 18.4 Å². The maximum absolute atomic E-state index is 5.26. The van der Waals surface area contributed by atoms with E-state index >= 15 is 0 Å². The molecule has 0 spiro atoms. The lowest BCUT2D eigenvalue weighted by Crippen LogP contribution is -2.42. The van der Waals surface area contributed by atoms with Gasteiger partial charge in [0, 0.05) is 11.2 Å². The topological polar surface area (TPSA) is 24.1 Å². The second kappa shape index (κ2) is 6.74. The van der Waals surface area contributed by atoms with E-state index in [1.807, 2.05) is 0 Å². The normalized spacial score (nSPS) is 11.1. The van der Waals surface area contributed by atoms with Crippen molar-refractivity contribution in [2.45, 2.75) is 52.5 Å². The lowest BCUT2D eigenvalue weighted by Gasteiger charge is -2.23. The summed E-state index contributed by atoms with van der Waals surface area (Å²) in [6, 6.07) is 8.50. The Bertz CT molecular complexity index is 376. The molecule has 0 aliphatic heterocycles. The number of aryl methyl sites for hydroxylation is 1. The number of nitrogens with one attached hydrogen (secondary N) is 2. The maximum Gasteiger partial charge on any atom is 0.171 e. The summed E-state index contributed by atoms with van der Waals surface area (Å²) in [5, 5.41) is 7.11. The van der Waals surface area contributed by atoms with E-state index in [2.05, 4.69) is 62.6 Å². The van der Waals surface area contributed by atoms with Gasteiger partial charge >= 0.3 is 0 Å². The van der Waals surface area contributed by atoms with Gasteiger partial charge in [0.2, 0.25) is 0 Å². The molecule has 0 heterocycles. The fourth-order valence-electron chi connectivity index (χ4n) is 1.64. The molecule has 2 nitrogen and oxygen atoms in total. The summed E-state index contributed by atoms with van der Waals surface area (Å²) in [5.41, 5.74) is 2.42. The van der Waals surface area contributed by atoms with Crippen LogP contribution in [-0.2, 0) is 6.42 Å². The van der Waals surface area contributed by atoms with E-state index in [0.29, 0.717) is 5.11 Å². The molecular weight excluding hydrogens is 240 g/mol. The van der Waals surface area contributed by atoms with Crippen molar-refractivity contribution in [2.24, 2.45) is 0 Å². The predicted octanol–water partition coefficient (Wildman–Crippen LogP) is 4.11. The second-order valence-electron chi connectivity index (χ2n) is 5.63. The van der Waals surface area contributed by atoms with Gasteiger partial charge in [0.15, 0.2) is 5.11 Å². The molecule has 0 saturated heterocycles. The fraction of sp³-hybridized carbons (Fsp3) is 0.533. The van der Waals surface area contributed by atoms with Crippen LogP contribution in [0.1, 0.15) is 46.1 Å². The number of hydrogen-bond donors (Lipinski definition) is 2. The molecule has 18 heavy (non-hydrogen) atoms. The van der Waals surface area contributed by atoms with E-state index in [1.54, 1.807) is 0 Å². The van der Waals surface area contributed by atoms with Gasteiger partial charge < -0.3 is 10.6 Å². The minimum Gasteiger partial charge on any atom is -0.358 e. The molecule has 0 radical (unpaired) electrons. The molecule has 0 saturated carbocycles. The summed E-state index contributed by atoms with van der Waals surface area (Å²) in [4.78, 5) is 0. The minimum absolute atomic E-state index is 0.00878. The van der Waals surface area contributed by atoms with Gasteiger partial charge in [-0.1, -0.05) is 25.5 Å². The molecule has 0 bridgehead atoms. The van der Waals surface area contributed by atoms with Crippen molar-refractivity contribution >= 4 is 23.0 Å². The van der Waals surface area contributed by atoms with Gasteiger partial charge in [0.05, 0.1) is 0 Å². The summed E-state index contributed by atoms with van der Waals surface area (Å²) < 4.78 is 0. The van der Waals surface area contributed by atoms with E-state index < -0.39 is 0 Å². The van der Waals surface area contributed by atoms with E-state index in [4.69, 9.17) is 12.2 Å². The number of anilines is 1. The Labute approximate surface area is 116 Å². The molecule has 0 fully saturated rings. The van der Waals surface area contributed by atoms with Gasteiger partial charge in [0.25, 0.3) is 0 Å². The molecule has 2 N–H and O–H groups in total. The van der Waals surface area contributed by atoms with Crippen LogP contribution in [0.15, 0.2) is 24.3 Å². The number of rotatable bonds is 4. The first-order chi connectivity index (χ1) is 8.40. The third kappa shape index (κ3) is 6.01. The van der Waals surface area contributed by atoms with Crippen LogP contribution in [0, 0.1) is 0 Å². The molecule has 0 aromatic heterocycles. The third-order valence-corrected chi connectivity index (χ3v) is 2.72. The van der Waals surface area contributed by atoms with Crippen LogP contribution in [0.4, 0.5) is 5.69 Å². The molecule has 0 atom stereocenters. The average Bonchev–Trinajstić information content (AvgIpc) is 2.25. The molecule has 0 aliphatic rings. The lowest BCUT2D eigenvalue weighted by molar-refractivity contribution is 0.515. The zero-order chi connectivity index (χ0) is 13.6. The third-order valence-electron chi connectivity index (χ3n) is 2.52. The van der Waals surface area contributed by atoms with Crippen LogP contribution in [0.25, 0.3) is 0 Å². The maximum atomic E-state index is 5.26. The van der Waals surface area contributed by atoms with E-state index in [-0.39, 0.29) is 5.54 Å². The summed E-state index contributed by atoms with van der Waals surface area (Å²) in [5.74, 6) is 0. The molecule has 0 aliphatic carbocycles. The first kappa shape index (κ1) is 15.0. The van der Waals surface area contributed by atoms with Crippen LogP contribution in [0.5, 0.6) is 0 Å². The number of unbranched alkanes of at least 4 members (excludes halogenated alkanes) is 1. The lowest BCUT2D eigenvalue weighted by atomic mass is 10.1. The van der Waals surface area contributed by atoms with Crippen molar-refractivity contribution < 1.29 is 0 Å². The highest BCUT2D eigenvalue weighted by atomic mass is 32.1. The highest BCUT2D eigenvalue weighted by Crippen LogP contribution is 2.12. The van der Waals surface area contributed by atoms with Crippen molar-refractivity contribution in [3.63, 3.8) is 0 Å². The molecule has 1 aromatic carbocycles. The monoisotopic (exact) mass is 264 g/mol. The Morgan fingerprint density at radius 3 is 2.28 bits per heavy atom. The Hall–Kier alpha value is -1.09. The largest absolute Gasteiger partial charge is 0.358 e. The first-order valence-corrected chi connectivity index (χ1v) is 6.99. The molecule has 0 amide bonds. The SMILES string of the molecule is CCCCc1ccc(NC(=S)NC(C)(C)C)cc1. The zero-order valence-corrected chi connectivity index (χ0v) is 12.7. The standard InChI is InChI=1S/C15H24N2S/c1-5-6-7-12-8-10-13(11-9-12)16-14(18)17-15(2,3)4/h8-11H,5-7H2,1-4H3,(H2,16,17,18). The Balaban J connectivity index is 2.50. The number of hydrogen-bond acceptors (Lipinski definition) is 1. The van der Waals surface area contributed by atoms with Crippen LogP contribution in [-0.4, -0.2) is 10.7 Å². The van der Waals surface area contributed by atoms with Crippen molar-refractivity contribution in [1.29, 1.82) is 0 Å². The summed E-state index contributed by atoms with van der Waals surface area (Å²) in [6.45, 7) is 8.49. The van der Waals surface area contributed by atoms with Gasteiger partial charge in [-0.2, -0.15) is 0 Å². The van der Waals surface area contributed by atoms with Gasteiger partial charge in [-0.25, -0.2) is 0 Å². The zero-order valence-electron chi connectivity index (χ0n) is 11.8. The van der Waals surface area contributed by atoms with E-state index in [9.17, 15) is 0 Å². The predicted molar refractivity (Wildman–Crippen MR) is 84.2 cm³/mol. The van der Waals surface area contributed by atoms with Gasteiger partial charge in [0.1, 0.15) is 0 Å². The van der Waals surface area contributed by atoms with Crippen LogP contribution >= 0.6 is 12.2 Å². The molecule has 1 aromatic rings. The molecule has 0 unspecified atom stereocenters. The first-order valence-electron chi connectivity index (χ1n) is 6.59. The van der Waals surface area contributed by atoms with Crippen molar-refractivity contribution in [3.05, 3.63) is 29.8 Å². The van der Waals surface area contributed by atoms with Crippen LogP contribution < -0.4 is 10.6 Å². The van der Waals surface area contributed by atoms with Crippen LogP contribution in [0.2, 0.25) is 0 Å². The Kier molecular flexibility index (Phi) is 5.60. The Morgan fingerprint density at radius 2 is 1.78 bits per heavy atom. The molecule has 100 valence electrons. The highest BCUT2D eigenvalue weighted by Gasteiger charge is 2.10. The summed E-state index contributed by atoms with van der Waals surface area (Å²) in [6.07, 6.45) is 3.64. The summed E-state index contributed by atoms with van der Waals surface area (Å²) >= 11 is 5.26. The van der Waals surface area contributed by atoms with Gasteiger partial charge in [-0.15, -0.1) is 0 Å². The number of benzene rings is 1. The smallest absolute Gasteiger partial charge is 0.171 e.